The highest BCUT2D eigenvalue weighted by atomic mass is 32.2. The summed E-state index contributed by atoms with van der Waals surface area (Å²) in [5.74, 6) is 0.441. The summed E-state index contributed by atoms with van der Waals surface area (Å²) in [7, 11) is -3.86. The Balaban J connectivity index is 1.79. The predicted octanol–water partition coefficient (Wildman–Crippen LogP) is 2.61. The van der Waals surface area contributed by atoms with Crippen LogP contribution in [0.5, 0.6) is 5.75 Å². The van der Waals surface area contributed by atoms with Crippen LogP contribution in [0.25, 0.3) is 0 Å². The van der Waals surface area contributed by atoms with Crippen LogP contribution in [0, 0.1) is 0 Å². The van der Waals surface area contributed by atoms with Crippen molar-refractivity contribution in [1.82, 2.24) is 14.7 Å². The van der Waals surface area contributed by atoms with Gasteiger partial charge in [0, 0.05) is 18.8 Å². The second kappa shape index (κ2) is 6.30. The number of ether oxygens (including phenoxy) is 1. The van der Waals surface area contributed by atoms with Crippen LogP contribution in [0.3, 0.4) is 0 Å². The Kier molecular flexibility index (Phi) is 4.46. The Morgan fingerprint density at radius 1 is 1.28 bits per heavy atom. The topological polar surface area (TPSA) is 81.2 Å². The van der Waals surface area contributed by atoms with Crippen molar-refractivity contribution in [2.24, 2.45) is 0 Å². The van der Waals surface area contributed by atoms with E-state index in [1.807, 2.05) is 19.9 Å². The number of halogens is 2. The highest BCUT2D eigenvalue weighted by Gasteiger charge is 2.34. The number of nitrogens with one attached hydrogen (secondary N) is 1. The first-order valence-electron chi connectivity index (χ1n) is 7.57. The summed E-state index contributed by atoms with van der Waals surface area (Å²) >= 11 is 0. The maximum Gasteiger partial charge on any atom is 0.266 e. The van der Waals surface area contributed by atoms with Crippen LogP contribution in [0.15, 0.2) is 35.5 Å². The Labute approximate surface area is 144 Å². The highest BCUT2D eigenvalue weighted by Crippen LogP contribution is 2.39. The van der Waals surface area contributed by atoms with Crippen molar-refractivity contribution in [3.8, 4) is 5.75 Å². The molecule has 9 heteroatoms. The normalized spacial score (nSPS) is 15.9. The SMILES string of the molecule is CC1(C)Cc2cccc(S(=O)(=O)NCc3ncc(C(F)F)cn3)c2O1. The molecule has 2 heterocycles. The minimum Gasteiger partial charge on any atom is -0.486 e. The molecule has 0 spiro atoms. The van der Waals surface area contributed by atoms with E-state index in [1.165, 1.54) is 6.07 Å². The average Bonchev–Trinajstić information content (AvgIpc) is 2.86. The van der Waals surface area contributed by atoms with Gasteiger partial charge in [-0.1, -0.05) is 12.1 Å². The average molecular weight is 369 g/mol. The third kappa shape index (κ3) is 3.77. The van der Waals surface area contributed by atoms with E-state index in [0.29, 0.717) is 12.2 Å². The van der Waals surface area contributed by atoms with Gasteiger partial charge >= 0.3 is 0 Å². The van der Waals surface area contributed by atoms with Gasteiger partial charge in [0.1, 0.15) is 22.1 Å². The van der Waals surface area contributed by atoms with Crippen molar-refractivity contribution < 1.29 is 21.9 Å². The number of nitrogens with zero attached hydrogens (tertiary/aromatic N) is 2. The van der Waals surface area contributed by atoms with E-state index < -0.39 is 22.0 Å². The van der Waals surface area contributed by atoms with Crippen molar-refractivity contribution in [2.45, 2.75) is 43.7 Å². The van der Waals surface area contributed by atoms with Crippen molar-refractivity contribution in [2.75, 3.05) is 0 Å². The van der Waals surface area contributed by atoms with Crippen molar-refractivity contribution >= 4 is 10.0 Å². The fraction of sp³-hybridized carbons (Fsp3) is 0.375. The Hall–Kier alpha value is -2.13. The molecule has 0 unspecified atom stereocenters. The first kappa shape index (κ1) is 17.7. The number of rotatable bonds is 5. The Morgan fingerprint density at radius 3 is 2.60 bits per heavy atom. The van der Waals surface area contributed by atoms with E-state index >= 15 is 0 Å². The van der Waals surface area contributed by atoms with Crippen LogP contribution in [-0.4, -0.2) is 24.0 Å². The smallest absolute Gasteiger partial charge is 0.266 e. The molecule has 0 atom stereocenters. The highest BCUT2D eigenvalue weighted by molar-refractivity contribution is 7.89. The van der Waals surface area contributed by atoms with Crippen LogP contribution in [-0.2, 0) is 23.0 Å². The molecule has 0 saturated heterocycles. The van der Waals surface area contributed by atoms with Gasteiger partial charge in [-0.2, -0.15) is 0 Å². The maximum atomic E-state index is 12.6. The zero-order valence-electron chi connectivity index (χ0n) is 13.7. The number of hydrogen-bond acceptors (Lipinski definition) is 5. The monoisotopic (exact) mass is 369 g/mol. The maximum absolute atomic E-state index is 12.6. The van der Waals surface area contributed by atoms with Crippen LogP contribution >= 0.6 is 0 Å². The quantitative estimate of drug-likeness (QED) is 0.876. The zero-order valence-corrected chi connectivity index (χ0v) is 14.5. The van der Waals surface area contributed by atoms with Gasteiger partial charge in [0.15, 0.2) is 0 Å². The molecule has 2 aromatic rings. The second-order valence-electron chi connectivity index (χ2n) is 6.34. The summed E-state index contributed by atoms with van der Waals surface area (Å²) in [6.07, 6.45) is -0.0948. The summed E-state index contributed by atoms with van der Waals surface area (Å²) in [5.41, 5.74) is 0.0378. The Bertz CT molecular complexity index is 884. The van der Waals surface area contributed by atoms with Crippen molar-refractivity contribution in [3.05, 3.63) is 47.5 Å². The number of sulfonamides is 1. The number of alkyl halides is 2. The summed E-state index contributed by atoms with van der Waals surface area (Å²) in [5, 5.41) is 0. The van der Waals surface area contributed by atoms with Gasteiger partial charge in [-0.05, 0) is 25.5 Å². The second-order valence-corrected chi connectivity index (χ2v) is 8.08. The van der Waals surface area contributed by atoms with Gasteiger partial charge in [0.25, 0.3) is 6.43 Å². The molecule has 0 fully saturated rings. The molecule has 1 aromatic heterocycles. The summed E-state index contributed by atoms with van der Waals surface area (Å²) in [4.78, 5) is 7.53. The molecular weight excluding hydrogens is 352 g/mol. The lowest BCUT2D eigenvalue weighted by molar-refractivity contribution is 0.135. The molecular formula is C16H17F2N3O3S. The number of aromatic nitrogens is 2. The van der Waals surface area contributed by atoms with E-state index in [1.54, 1.807) is 6.07 Å². The number of para-hydroxylation sites is 1. The first-order valence-corrected chi connectivity index (χ1v) is 9.06. The molecule has 1 aliphatic heterocycles. The molecule has 0 aliphatic carbocycles. The molecule has 1 N–H and O–H groups in total. The molecule has 1 aromatic carbocycles. The largest absolute Gasteiger partial charge is 0.486 e. The van der Waals surface area contributed by atoms with E-state index in [4.69, 9.17) is 4.74 Å². The summed E-state index contributed by atoms with van der Waals surface area (Å²) in [6.45, 7) is 3.56. The lowest BCUT2D eigenvalue weighted by Crippen LogP contribution is -2.27. The molecule has 0 radical (unpaired) electrons. The number of hydrogen-bond donors (Lipinski definition) is 1. The zero-order chi connectivity index (χ0) is 18.2. The van der Waals surface area contributed by atoms with Crippen molar-refractivity contribution in [3.63, 3.8) is 0 Å². The fourth-order valence-electron chi connectivity index (χ4n) is 2.61. The summed E-state index contributed by atoms with van der Waals surface area (Å²) in [6, 6.07) is 4.95. The molecule has 1 aliphatic rings. The van der Waals surface area contributed by atoms with E-state index in [0.717, 1.165) is 18.0 Å². The minimum absolute atomic E-state index is 0.0415. The van der Waals surface area contributed by atoms with Gasteiger partial charge in [-0.3, -0.25) is 0 Å². The van der Waals surface area contributed by atoms with E-state index in [-0.39, 0.29) is 22.8 Å². The van der Waals surface area contributed by atoms with Crippen molar-refractivity contribution in [1.29, 1.82) is 0 Å². The fourth-order valence-corrected chi connectivity index (χ4v) is 3.75. The molecule has 6 nitrogen and oxygen atoms in total. The number of benzene rings is 1. The first-order chi connectivity index (χ1) is 11.7. The molecule has 0 saturated carbocycles. The molecule has 0 bridgehead atoms. The summed E-state index contributed by atoms with van der Waals surface area (Å²) < 4.78 is 58.3. The van der Waals surface area contributed by atoms with Crippen LogP contribution in [0.4, 0.5) is 8.78 Å². The van der Waals surface area contributed by atoms with Crippen LogP contribution < -0.4 is 9.46 Å². The Morgan fingerprint density at radius 2 is 1.96 bits per heavy atom. The lowest BCUT2D eigenvalue weighted by atomic mass is 10.0. The standard InChI is InChI=1S/C16H17F2N3O3S/c1-16(2)6-10-4-3-5-12(14(10)24-16)25(22,23)21-9-13-19-7-11(8-20-13)15(17)18/h3-5,7-8,15,21H,6,9H2,1-2H3. The molecule has 134 valence electrons. The van der Waals surface area contributed by atoms with Gasteiger partial charge in [-0.15, -0.1) is 0 Å². The number of fused-ring (bicyclic) bond motifs is 1. The van der Waals surface area contributed by atoms with Crippen LogP contribution in [0.2, 0.25) is 0 Å². The van der Waals surface area contributed by atoms with E-state index in [9.17, 15) is 17.2 Å². The van der Waals surface area contributed by atoms with Gasteiger partial charge in [0.05, 0.1) is 12.1 Å². The lowest BCUT2D eigenvalue weighted by Gasteiger charge is -2.18. The molecule has 3 rings (SSSR count). The van der Waals surface area contributed by atoms with Gasteiger partial charge in [-0.25, -0.2) is 31.9 Å². The van der Waals surface area contributed by atoms with E-state index in [2.05, 4.69) is 14.7 Å². The minimum atomic E-state index is -3.86. The van der Waals surface area contributed by atoms with Gasteiger partial charge in [0.2, 0.25) is 10.0 Å². The third-order valence-corrected chi connectivity index (χ3v) is 5.17. The third-order valence-electron chi connectivity index (χ3n) is 3.74. The molecule has 0 amide bonds. The molecule has 25 heavy (non-hydrogen) atoms. The predicted molar refractivity (Wildman–Crippen MR) is 85.9 cm³/mol. The van der Waals surface area contributed by atoms with Gasteiger partial charge < -0.3 is 4.74 Å². The van der Waals surface area contributed by atoms with Crippen LogP contribution in [0.1, 0.15) is 37.2 Å².